The summed E-state index contributed by atoms with van der Waals surface area (Å²) in [6.45, 7) is 3.64. The molecule has 110 valence electrons. The third-order valence-corrected chi connectivity index (χ3v) is 3.13. The molecule has 2 heterocycles. The summed E-state index contributed by atoms with van der Waals surface area (Å²) in [5, 5.41) is 15.4. The van der Waals surface area contributed by atoms with Gasteiger partial charge >= 0.3 is 6.09 Å². The van der Waals surface area contributed by atoms with Crippen molar-refractivity contribution in [3.8, 4) is 11.1 Å². The van der Waals surface area contributed by atoms with E-state index < -0.39 is 12.1 Å². The zero-order valence-electron chi connectivity index (χ0n) is 11.7. The molecule has 0 radical (unpaired) electrons. The number of carboxylic acid groups (broad SMARTS) is 1. The minimum atomic E-state index is -1.10. The van der Waals surface area contributed by atoms with Crippen LogP contribution in [0.4, 0.5) is 10.6 Å². The molecular weight excluding hydrogens is 270 g/mol. The number of aryl methyl sites for hydroxylation is 1. The van der Waals surface area contributed by atoms with E-state index in [1.807, 2.05) is 6.07 Å². The molecule has 1 amide bonds. The lowest BCUT2D eigenvalue weighted by Gasteiger charge is -2.15. The molecule has 0 aliphatic carbocycles. The van der Waals surface area contributed by atoms with Gasteiger partial charge in [-0.25, -0.2) is 4.79 Å². The first-order valence-corrected chi connectivity index (χ1v) is 6.37. The zero-order valence-corrected chi connectivity index (χ0v) is 11.7. The van der Waals surface area contributed by atoms with Gasteiger partial charge in [-0.05, 0) is 24.1 Å². The second-order valence-corrected chi connectivity index (χ2v) is 4.56. The van der Waals surface area contributed by atoms with E-state index in [9.17, 15) is 4.79 Å². The van der Waals surface area contributed by atoms with E-state index >= 15 is 0 Å². The molecule has 0 fully saturated rings. The van der Waals surface area contributed by atoms with E-state index in [0.717, 1.165) is 11.1 Å². The van der Waals surface area contributed by atoms with Gasteiger partial charge in [0, 0.05) is 18.8 Å². The molecule has 0 spiro atoms. The molecule has 0 aromatic carbocycles. The van der Waals surface area contributed by atoms with Crippen molar-refractivity contribution in [1.82, 2.24) is 20.1 Å². The van der Waals surface area contributed by atoms with Crippen LogP contribution in [0.2, 0.25) is 0 Å². The van der Waals surface area contributed by atoms with Gasteiger partial charge in [0.05, 0.1) is 17.9 Å². The van der Waals surface area contributed by atoms with Crippen LogP contribution >= 0.6 is 0 Å². The Kier molecular flexibility index (Phi) is 4.22. The molecule has 0 aliphatic heterocycles. The minimum absolute atomic E-state index is 0.446. The van der Waals surface area contributed by atoms with Crippen molar-refractivity contribution < 1.29 is 9.90 Å². The van der Waals surface area contributed by atoms with Crippen molar-refractivity contribution in [2.45, 2.75) is 12.5 Å². The monoisotopic (exact) mass is 287 g/mol. The van der Waals surface area contributed by atoms with E-state index in [2.05, 4.69) is 22.0 Å². The summed E-state index contributed by atoms with van der Waals surface area (Å²) in [6.07, 6.45) is 4.28. The van der Waals surface area contributed by atoms with Crippen molar-refractivity contribution in [3.05, 3.63) is 42.9 Å². The second-order valence-electron chi connectivity index (χ2n) is 4.56. The first-order chi connectivity index (χ1) is 10.0. The number of aromatic nitrogens is 3. The summed E-state index contributed by atoms with van der Waals surface area (Å²) >= 11 is 0. The molecule has 21 heavy (non-hydrogen) atoms. The number of amides is 1. The van der Waals surface area contributed by atoms with Gasteiger partial charge in [-0.15, -0.1) is 6.58 Å². The van der Waals surface area contributed by atoms with Crippen molar-refractivity contribution in [2.24, 2.45) is 7.05 Å². The second kappa shape index (κ2) is 6.08. The molecule has 0 saturated carbocycles. The van der Waals surface area contributed by atoms with Crippen LogP contribution in [0.1, 0.15) is 18.2 Å². The number of nitrogens with one attached hydrogen (secondary N) is 1. The summed E-state index contributed by atoms with van der Waals surface area (Å²) in [5.74, 6) is 0.540. The number of anilines is 1. The van der Waals surface area contributed by atoms with E-state index in [1.54, 1.807) is 36.3 Å². The molecule has 7 heteroatoms. The molecule has 1 atom stereocenters. The van der Waals surface area contributed by atoms with E-state index in [-0.39, 0.29) is 0 Å². The van der Waals surface area contributed by atoms with E-state index in [0.29, 0.717) is 17.9 Å². The van der Waals surface area contributed by atoms with Crippen molar-refractivity contribution in [3.63, 3.8) is 0 Å². The Labute approximate surface area is 122 Å². The number of hydrogen-bond acceptors (Lipinski definition) is 4. The van der Waals surface area contributed by atoms with Gasteiger partial charge in [-0.1, -0.05) is 6.08 Å². The fourth-order valence-corrected chi connectivity index (χ4v) is 2.05. The predicted molar refractivity (Wildman–Crippen MR) is 79.6 cm³/mol. The van der Waals surface area contributed by atoms with E-state index in [4.69, 9.17) is 10.8 Å². The maximum absolute atomic E-state index is 10.9. The molecule has 2 rings (SSSR count). The maximum Gasteiger partial charge on any atom is 0.405 e. The van der Waals surface area contributed by atoms with Crippen LogP contribution in [0.25, 0.3) is 11.1 Å². The summed E-state index contributed by atoms with van der Waals surface area (Å²) in [6, 6.07) is 3.16. The highest BCUT2D eigenvalue weighted by Gasteiger charge is 2.16. The Morgan fingerprint density at radius 1 is 1.67 bits per heavy atom. The van der Waals surface area contributed by atoms with Gasteiger partial charge in [0.2, 0.25) is 0 Å². The fraction of sp³-hybridized carbons (Fsp3) is 0.214. The molecular formula is C14H17N5O2. The average molecular weight is 287 g/mol. The summed E-state index contributed by atoms with van der Waals surface area (Å²) in [5.41, 5.74) is 8.19. The van der Waals surface area contributed by atoms with Crippen LogP contribution in [0.5, 0.6) is 0 Å². The van der Waals surface area contributed by atoms with Crippen LogP contribution in [0, 0.1) is 0 Å². The lowest BCUT2D eigenvalue weighted by atomic mass is 10.0. The zero-order chi connectivity index (χ0) is 15.4. The number of pyridine rings is 1. The van der Waals surface area contributed by atoms with Crippen LogP contribution in [-0.4, -0.2) is 26.0 Å². The lowest BCUT2D eigenvalue weighted by molar-refractivity contribution is 0.189. The third-order valence-electron chi connectivity index (χ3n) is 3.13. The minimum Gasteiger partial charge on any atom is -0.465 e. The normalized spacial score (nSPS) is 11.9. The number of rotatable bonds is 5. The summed E-state index contributed by atoms with van der Waals surface area (Å²) in [4.78, 5) is 15.1. The first-order valence-electron chi connectivity index (χ1n) is 6.37. The molecule has 7 nitrogen and oxygen atoms in total. The number of hydrogen-bond donors (Lipinski definition) is 3. The smallest absolute Gasteiger partial charge is 0.405 e. The molecule has 0 aliphatic rings. The van der Waals surface area contributed by atoms with Crippen molar-refractivity contribution in [2.75, 3.05) is 5.73 Å². The molecule has 0 bridgehead atoms. The quantitative estimate of drug-likeness (QED) is 0.729. The van der Waals surface area contributed by atoms with Crippen LogP contribution in [0.3, 0.4) is 0 Å². The van der Waals surface area contributed by atoms with Gasteiger partial charge in [0.15, 0.2) is 0 Å². The third kappa shape index (κ3) is 3.19. The number of carbonyl (C=O) groups is 1. The highest BCUT2D eigenvalue weighted by Crippen LogP contribution is 2.27. The Hall–Kier alpha value is -2.83. The molecule has 1 unspecified atom stereocenters. The Morgan fingerprint density at radius 3 is 3.00 bits per heavy atom. The van der Waals surface area contributed by atoms with Gasteiger partial charge in [0.25, 0.3) is 0 Å². The Morgan fingerprint density at radius 2 is 2.43 bits per heavy atom. The predicted octanol–water partition coefficient (Wildman–Crippen LogP) is 1.95. The van der Waals surface area contributed by atoms with Gasteiger partial charge in [0.1, 0.15) is 5.82 Å². The standard InChI is InChI=1S/C14H17N5O2/c1-3-4-11(18-14(20)21)12-7-9(5-6-16-12)10-8-17-19(2)13(10)15/h3,5-8,11,18H,1,4,15H2,2H3,(H,20,21). The average Bonchev–Trinajstić information content (AvgIpc) is 2.78. The summed E-state index contributed by atoms with van der Waals surface area (Å²) < 4.78 is 1.58. The topological polar surface area (TPSA) is 106 Å². The highest BCUT2D eigenvalue weighted by atomic mass is 16.4. The van der Waals surface area contributed by atoms with Crippen molar-refractivity contribution in [1.29, 1.82) is 0 Å². The van der Waals surface area contributed by atoms with Crippen LogP contribution in [0.15, 0.2) is 37.2 Å². The Balaban J connectivity index is 2.37. The van der Waals surface area contributed by atoms with Gasteiger partial charge < -0.3 is 16.2 Å². The first kappa shape index (κ1) is 14.6. The number of nitrogens with two attached hydrogens (primary N) is 1. The van der Waals surface area contributed by atoms with Gasteiger partial charge in [-0.2, -0.15) is 5.10 Å². The molecule has 0 saturated heterocycles. The molecule has 4 N–H and O–H groups in total. The SMILES string of the molecule is C=CCC(NC(=O)O)c1cc(-c2cnn(C)c2N)ccn1. The van der Waals surface area contributed by atoms with Crippen LogP contribution in [-0.2, 0) is 7.05 Å². The fourth-order valence-electron chi connectivity index (χ4n) is 2.05. The van der Waals surface area contributed by atoms with Crippen LogP contribution < -0.4 is 11.1 Å². The maximum atomic E-state index is 10.9. The number of nitrogen functional groups attached to an aromatic ring is 1. The largest absolute Gasteiger partial charge is 0.465 e. The molecule has 2 aromatic rings. The van der Waals surface area contributed by atoms with Gasteiger partial charge in [-0.3, -0.25) is 9.67 Å². The molecule has 2 aromatic heterocycles. The number of nitrogens with zero attached hydrogens (tertiary/aromatic N) is 3. The highest BCUT2D eigenvalue weighted by molar-refractivity contribution is 5.73. The lowest BCUT2D eigenvalue weighted by Crippen LogP contribution is -2.27. The Bertz CT molecular complexity index is 665. The van der Waals surface area contributed by atoms with Crippen molar-refractivity contribution >= 4 is 11.9 Å². The van der Waals surface area contributed by atoms with E-state index in [1.165, 1.54) is 0 Å². The summed E-state index contributed by atoms with van der Waals surface area (Å²) in [7, 11) is 1.76.